The van der Waals surface area contributed by atoms with E-state index >= 15 is 0 Å². The van der Waals surface area contributed by atoms with Crippen LogP contribution in [-0.2, 0) is 19.2 Å². The van der Waals surface area contributed by atoms with E-state index in [4.69, 9.17) is 10.2 Å². The third-order valence-corrected chi connectivity index (χ3v) is 9.30. The van der Waals surface area contributed by atoms with Crippen LogP contribution in [0.15, 0.2) is 53.1 Å². The fraction of sp³-hybridized carbons (Fsp3) is 0.355. The Hall–Kier alpha value is -4.72. The van der Waals surface area contributed by atoms with Crippen molar-refractivity contribution in [3.05, 3.63) is 59.8 Å². The molecular formula is C31H30N4O9. The Bertz CT molecular complexity index is 1730. The maximum absolute atomic E-state index is 14.1. The molecule has 228 valence electrons. The van der Waals surface area contributed by atoms with Crippen molar-refractivity contribution in [3.8, 4) is 17.1 Å². The second kappa shape index (κ2) is 10.2. The van der Waals surface area contributed by atoms with E-state index in [0.29, 0.717) is 11.3 Å². The van der Waals surface area contributed by atoms with Crippen LogP contribution in [0.25, 0.3) is 11.3 Å². The molecule has 2 aromatic carbocycles. The monoisotopic (exact) mass is 602 g/mol. The number of aromatic hydroxyl groups is 1. The van der Waals surface area contributed by atoms with Gasteiger partial charge in [-0.3, -0.25) is 28.9 Å². The molecule has 2 saturated carbocycles. The number of phenolic OH excluding ortho intramolecular Hbond substituents is 1. The average molecular weight is 603 g/mol. The first-order chi connectivity index (χ1) is 20.8. The molecule has 2 fully saturated rings. The number of carbonyl (C=O) groups excluding carboxylic acids is 5. The molecule has 44 heavy (non-hydrogen) atoms. The van der Waals surface area contributed by atoms with E-state index < -0.39 is 82.1 Å². The van der Waals surface area contributed by atoms with Crippen LogP contribution in [0.5, 0.6) is 5.75 Å². The lowest BCUT2D eigenvalue weighted by Gasteiger charge is -2.56. The molecule has 1 aromatic heterocycles. The number of aromatic nitrogens is 1. The predicted octanol–water partition coefficient (Wildman–Crippen LogP) is 0.797. The van der Waals surface area contributed by atoms with Crippen LogP contribution in [0.1, 0.15) is 28.8 Å². The van der Waals surface area contributed by atoms with E-state index in [-0.39, 0.29) is 17.3 Å². The molecule has 13 nitrogen and oxygen atoms in total. The molecule has 0 aliphatic heterocycles. The van der Waals surface area contributed by atoms with Crippen LogP contribution in [0.4, 0.5) is 11.7 Å². The molecule has 0 saturated heterocycles. The Balaban J connectivity index is 1.41. The van der Waals surface area contributed by atoms with Gasteiger partial charge in [0.05, 0.1) is 41.4 Å². The van der Waals surface area contributed by atoms with E-state index in [9.17, 15) is 39.3 Å². The summed E-state index contributed by atoms with van der Waals surface area (Å²) in [5, 5.41) is 37.6. The van der Waals surface area contributed by atoms with E-state index in [1.54, 1.807) is 13.0 Å². The number of nitrogens with one attached hydrogen (secondary N) is 1. The maximum atomic E-state index is 14.1. The smallest absolute Gasteiger partial charge is 0.299 e. The molecule has 3 aliphatic carbocycles. The second-order valence-electron chi connectivity index (χ2n) is 11.8. The van der Waals surface area contributed by atoms with Crippen molar-refractivity contribution >= 4 is 40.7 Å². The van der Waals surface area contributed by atoms with Crippen molar-refractivity contribution in [2.45, 2.75) is 30.6 Å². The van der Waals surface area contributed by atoms with Gasteiger partial charge in [0, 0.05) is 11.5 Å². The Labute approximate surface area is 250 Å². The summed E-state index contributed by atoms with van der Waals surface area (Å²) in [6.45, 7) is 1.64. The zero-order valence-electron chi connectivity index (χ0n) is 23.9. The maximum Gasteiger partial charge on any atom is 0.299 e. The van der Waals surface area contributed by atoms with Gasteiger partial charge in [-0.25, -0.2) is 4.98 Å². The number of fused-ring (bicyclic) bond motifs is 3. The number of primary amides is 1. The highest BCUT2D eigenvalue weighted by Crippen LogP contribution is 2.55. The zero-order valence-corrected chi connectivity index (χ0v) is 23.9. The number of nitrogens with two attached hydrogens (primary N) is 1. The van der Waals surface area contributed by atoms with Crippen molar-refractivity contribution < 1.29 is 43.7 Å². The molecule has 3 aliphatic rings. The van der Waals surface area contributed by atoms with Gasteiger partial charge in [0.25, 0.3) is 6.01 Å². The lowest BCUT2D eigenvalue weighted by atomic mass is 9.49. The summed E-state index contributed by atoms with van der Waals surface area (Å²) in [5.74, 6) is -13.5. The molecule has 1 heterocycles. The summed E-state index contributed by atoms with van der Waals surface area (Å²) >= 11 is 0. The summed E-state index contributed by atoms with van der Waals surface area (Å²) < 4.78 is 5.74. The van der Waals surface area contributed by atoms with Gasteiger partial charge >= 0.3 is 0 Å². The third-order valence-electron chi connectivity index (χ3n) is 9.30. The van der Waals surface area contributed by atoms with Crippen molar-refractivity contribution in [2.75, 3.05) is 19.4 Å². The van der Waals surface area contributed by atoms with Crippen molar-refractivity contribution in [2.24, 2.45) is 29.4 Å². The Morgan fingerprint density at radius 1 is 1.07 bits per heavy atom. The van der Waals surface area contributed by atoms with Gasteiger partial charge in [-0.1, -0.05) is 43.3 Å². The predicted molar refractivity (Wildman–Crippen MR) is 153 cm³/mol. The molecule has 6 N–H and O–H groups in total. The van der Waals surface area contributed by atoms with Gasteiger partial charge in [0.15, 0.2) is 40.4 Å². The first kappa shape index (κ1) is 29.4. The molecular weight excluding hydrogens is 572 g/mol. The standard InChI is InChI=1S/C31H30N4O9/c1-12-14-9-10-15(34-30-33-11-16(44-30)13-7-5-4-6-8-13)23(36)18(14)24(37)19-17(12)25(38)21-22(35(2)3)26(39)20(29(32)42)28(41)31(21,43)27(19)40/h4-12,17,19-22,25,36,38,43H,1-3H3,(H2,32,42)(H,33,34)/t12-,17+,19?,20?,21+,22-,25-,31-/m1/s1. The van der Waals surface area contributed by atoms with Gasteiger partial charge in [-0.05, 0) is 31.6 Å². The molecule has 1 amide bonds. The molecule has 0 radical (unpaired) electrons. The van der Waals surface area contributed by atoms with Crippen LogP contribution in [-0.4, -0.2) is 86.1 Å². The van der Waals surface area contributed by atoms with Crippen LogP contribution in [0.3, 0.4) is 0 Å². The summed E-state index contributed by atoms with van der Waals surface area (Å²) in [6, 6.07) is 10.8. The SMILES string of the molecule is C[C@@H]1c2ccc(Nc3ncc(-c4ccccc4)o3)c(O)c2C(=O)C2C(=O)[C@@]3(O)C(=O)C(C(N)=O)C(=O)[C@H](N(C)C)[C@H]3[C@H](O)[C@H]21. The number of carbonyl (C=O) groups is 5. The largest absolute Gasteiger partial charge is 0.505 e. The average Bonchev–Trinajstić information content (AvgIpc) is 3.45. The lowest BCUT2D eigenvalue weighted by Crippen LogP contribution is -2.77. The molecule has 6 rings (SSSR count). The second-order valence-corrected chi connectivity index (χ2v) is 11.8. The van der Waals surface area contributed by atoms with Gasteiger partial charge < -0.3 is 30.8 Å². The molecule has 8 atom stereocenters. The van der Waals surface area contributed by atoms with Crippen molar-refractivity contribution in [3.63, 3.8) is 0 Å². The number of anilines is 2. The van der Waals surface area contributed by atoms with E-state index in [1.807, 2.05) is 30.3 Å². The van der Waals surface area contributed by atoms with Crippen LogP contribution >= 0.6 is 0 Å². The van der Waals surface area contributed by atoms with Gasteiger partial charge in [-0.2, -0.15) is 0 Å². The topological polar surface area (TPSA) is 213 Å². The van der Waals surface area contributed by atoms with Crippen LogP contribution in [0, 0.1) is 23.7 Å². The number of hydrogen-bond acceptors (Lipinski definition) is 12. The first-order valence-corrected chi connectivity index (χ1v) is 14.0. The number of rotatable bonds is 5. The van der Waals surface area contributed by atoms with Gasteiger partial charge in [0.2, 0.25) is 5.91 Å². The molecule has 13 heteroatoms. The van der Waals surface area contributed by atoms with Crippen LogP contribution in [0.2, 0.25) is 0 Å². The molecule has 0 spiro atoms. The van der Waals surface area contributed by atoms with Crippen LogP contribution < -0.4 is 11.1 Å². The third kappa shape index (κ3) is 3.96. The number of phenols is 1. The number of ketones is 4. The number of hydrogen-bond donors (Lipinski definition) is 5. The highest BCUT2D eigenvalue weighted by Gasteiger charge is 2.72. The Kier molecular flexibility index (Phi) is 6.79. The number of likely N-dealkylation sites (N-methyl/N-ethyl adjacent to an activating group) is 1. The van der Waals surface area contributed by atoms with E-state index in [2.05, 4.69) is 10.3 Å². The van der Waals surface area contributed by atoms with E-state index in [0.717, 1.165) is 5.56 Å². The first-order valence-electron chi connectivity index (χ1n) is 14.0. The zero-order chi connectivity index (χ0) is 31.8. The number of aliphatic hydroxyl groups excluding tert-OH is 1. The van der Waals surface area contributed by atoms with Gasteiger partial charge in [0.1, 0.15) is 5.75 Å². The molecule has 0 bridgehead atoms. The van der Waals surface area contributed by atoms with Crippen molar-refractivity contribution in [1.29, 1.82) is 0 Å². The minimum Gasteiger partial charge on any atom is -0.505 e. The highest BCUT2D eigenvalue weighted by atomic mass is 16.4. The Morgan fingerprint density at radius 3 is 2.39 bits per heavy atom. The summed E-state index contributed by atoms with van der Waals surface area (Å²) in [5.41, 5.74) is 3.16. The Morgan fingerprint density at radius 2 is 1.75 bits per heavy atom. The fourth-order valence-corrected chi connectivity index (χ4v) is 7.27. The number of aliphatic hydroxyl groups is 2. The lowest BCUT2D eigenvalue weighted by molar-refractivity contribution is -0.196. The number of amides is 1. The number of benzene rings is 2. The fourth-order valence-electron chi connectivity index (χ4n) is 7.27. The highest BCUT2D eigenvalue weighted by molar-refractivity contribution is 6.32. The number of oxazole rings is 1. The molecule has 3 aromatic rings. The van der Waals surface area contributed by atoms with E-state index in [1.165, 1.54) is 31.3 Å². The van der Waals surface area contributed by atoms with Gasteiger partial charge in [-0.15, -0.1) is 0 Å². The minimum atomic E-state index is -3.06. The number of nitrogens with zero attached hydrogens (tertiary/aromatic N) is 2. The molecule has 2 unspecified atom stereocenters. The number of Topliss-reactive ketones (excluding diaryl/α,β-unsaturated/α-hetero) is 4. The minimum absolute atomic E-state index is 0.0132. The summed E-state index contributed by atoms with van der Waals surface area (Å²) in [4.78, 5) is 72.5. The quantitative estimate of drug-likeness (QED) is 0.203. The van der Waals surface area contributed by atoms with Crippen molar-refractivity contribution in [1.82, 2.24) is 9.88 Å². The summed E-state index contributed by atoms with van der Waals surface area (Å²) in [6.07, 6.45) is -0.219. The summed E-state index contributed by atoms with van der Waals surface area (Å²) in [7, 11) is 2.88. The normalized spacial score (nSPS) is 31.4.